The molecule has 226 valence electrons. The lowest BCUT2D eigenvalue weighted by Crippen LogP contribution is -2.57. The van der Waals surface area contributed by atoms with Gasteiger partial charge in [0.25, 0.3) is 0 Å². The van der Waals surface area contributed by atoms with Crippen LogP contribution in [0, 0.1) is 0 Å². The number of carboxylic acids is 1. The number of aromatic amines is 1. The van der Waals surface area contributed by atoms with Crippen LogP contribution in [-0.2, 0) is 25.6 Å². The van der Waals surface area contributed by atoms with Gasteiger partial charge in [0.1, 0.15) is 18.1 Å². The lowest BCUT2D eigenvalue weighted by molar-refractivity contribution is -0.141. The molecule has 0 fully saturated rings. The molecule has 0 saturated carbocycles. The van der Waals surface area contributed by atoms with Crippen molar-refractivity contribution in [1.82, 2.24) is 20.9 Å². The van der Waals surface area contributed by atoms with E-state index >= 15 is 0 Å². The molecule has 4 atom stereocenters. The summed E-state index contributed by atoms with van der Waals surface area (Å²) in [6.07, 6.45) is 3.90. The fraction of sp³-hybridized carbons (Fsp3) is 0.500. The Morgan fingerprint density at radius 1 is 0.927 bits per heavy atom. The molecule has 3 amide bonds. The first-order valence-electron chi connectivity index (χ1n) is 13.4. The van der Waals surface area contributed by atoms with E-state index in [1.165, 1.54) is 0 Å². The number of benzene rings is 1. The van der Waals surface area contributed by atoms with Crippen molar-refractivity contribution in [2.24, 2.45) is 27.9 Å². The number of aliphatic imine (C=N–C) groups is 1. The monoisotopic (exact) mass is 591 g/mol. The quantitative estimate of drug-likeness (QED) is 0.0426. The van der Waals surface area contributed by atoms with Crippen LogP contribution >= 0.6 is 12.6 Å². The van der Waals surface area contributed by atoms with Crippen LogP contribution < -0.4 is 38.9 Å². The molecule has 0 spiro atoms. The van der Waals surface area contributed by atoms with Crippen molar-refractivity contribution in [3.8, 4) is 0 Å². The molecule has 13 N–H and O–H groups in total. The first kappa shape index (κ1) is 33.4. The maximum absolute atomic E-state index is 13.6. The number of aromatic nitrogens is 1. The highest BCUT2D eigenvalue weighted by Crippen LogP contribution is 2.19. The number of unbranched alkanes of at least 4 members (excludes halogenated alkanes) is 1. The SMILES string of the molecule is NCCCCC(NC(=O)C(Cc1c[nH]c2ccccc12)NC(=O)C(N)CCCN=C(N)N)C(=O)NC(CS)C(=O)O. The Hall–Kier alpha value is -3.82. The summed E-state index contributed by atoms with van der Waals surface area (Å²) in [5, 5.41) is 18.0. The molecular weight excluding hydrogens is 550 g/mol. The fourth-order valence-electron chi connectivity index (χ4n) is 4.15. The van der Waals surface area contributed by atoms with Gasteiger partial charge in [-0.25, -0.2) is 4.79 Å². The molecule has 1 aromatic heterocycles. The number of nitrogens with two attached hydrogens (primary N) is 4. The van der Waals surface area contributed by atoms with Crippen LogP contribution in [-0.4, -0.2) is 82.8 Å². The predicted octanol–water partition coefficient (Wildman–Crippen LogP) is -1.31. The van der Waals surface area contributed by atoms with Crippen molar-refractivity contribution in [2.75, 3.05) is 18.8 Å². The molecule has 15 heteroatoms. The minimum Gasteiger partial charge on any atom is -0.480 e. The number of para-hydroxylation sites is 1. The molecule has 14 nitrogen and oxygen atoms in total. The highest BCUT2D eigenvalue weighted by molar-refractivity contribution is 7.80. The van der Waals surface area contributed by atoms with Crippen LogP contribution in [0.3, 0.4) is 0 Å². The van der Waals surface area contributed by atoms with Gasteiger partial charge in [-0.3, -0.25) is 19.4 Å². The third kappa shape index (κ3) is 10.9. The average Bonchev–Trinajstić information content (AvgIpc) is 3.35. The molecule has 0 bridgehead atoms. The summed E-state index contributed by atoms with van der Waals surface area (Å²) in [7, 11) is 0. The summed E-state index contributed by atoms with van der Waals surface area (Å²) in [6, 6.07) is 3.18. The van der Waals surface area contributed by atoms with Crippen LogP contribution in [0.1, 0.15) is 37.7 Å². The second-order valence-electron chi connectivity index (χ2n) is 9.61. The molecule has 0 radical (unpaired) electrons. The van der Waals surface area contributed by atoms with Gasteiger partial charge in [-0.15, -0.1) is 0 Å². The standard InChI is InChI=1S/C26H41N9O5S/c27-10-4-3-9-19(23(37)35-21(14-41)25(39)40)33-24(38)20(12-15-13-32-18-8-2-1-6-16(15)18)34-22(36)17(28)7-5-11-31-26(29)30/h1-2,6,8,13,17,19-21,32,41H,3-5,7,9-12,14,27-28H2,(H,33,38)(H,34,36)(H,35,37)(H,39,40)(H4,29,30,31). The van der Waals surface area contributed by atoms with E-state index < -0.39 is 47.9 Å². The number of rotatable bonds is 18. The fourth-order valence-corrected chi connectivity index (χ4v) is 4.40. The number of fused-ring (bicyclic) bond motifs is 1. The van der Waals surface area contributed by atoms with E-state index in [2.05, 4.69) is 38.6 Å². The maximum Gasteiger partial charge on any atom is 0.327 e. The van der Waals surface area contributed by atoms with Crippen LogP contribution in [0.4, 0.5) is 0 Å². The van der Waals surface area contributed by atoms with E-state index in [9.17, 15) is 24.3 Å². The third-order valence-electron chi connectivity index (χ3n) is 6.41. The number of carbonyl (C=O) groups is 4. The molecule has 1 aromatic carbocycles. The topological polar surface area (TPSA) is 257 Å². The second-order valence-corrected chi connectivity index (χ2v) is 9.97. The van der Waals surface area contributed by atoms with Crippen molar-refractivity contribution in [3.63, 3.8) is 0 Å². The summed E-state index contributed by atoms with van der Waals surface area (Å²) < 4.78 is 0. The summed E-state index contributed by atoms with van der Waals surface area (Å²) in [4.78, 5) is 58.0. The van der Waals surface area contributed by atoms with Gasteiger partial charge >= 0.3 is 5.97 Å². The number of nitrogens with one attached hydrogen (secondary N) is 4. The number of hydrogen-bond donors (Lipinski definition) is 10. The largest absolute Gasteiger partial charge is 0.480 e. The van der Waals surface area contributed by atoms with Gasteiger partial charge in [0.15, 0.2) is 5.96 Å². The second kappa shape index (κ2) is 17.1. The van der Waals surface area contributed by atoms with Gasteiger partial charge in [0.2, 0.25) is 17.7 Å². The Labute approximate surface area is 243 Å². The molecule has 0 aliphatic carbocycles. The lowest BCUT2D eigenvalue weighted by Gasteiger charge is -2.25. The van der Waals surface area contributed by atoms with Gasteiger partial charge < -0.3 is 49.0 Å². The van der Waals surface area contributed by atoms with E-state index in [0.29, 0.717) is 32.4 Å². The van der Waals surface area contributed by atoms with Crippen molar-refractivity contribution in [3.05, 3.63) is 36.0 Å². The van der Waals surface area contributed by atoms with Crippen molar-refractivity contribution >= 4 is 53.2 Å². The molecule has 2 rings (SSSR count). The Balaban J connectivity index is 2.25. The lowest BCUT2D eigenvalue weighted by atomic mass is 10.0. The minimum absolute atomic E-state index is 0.0624. The molecule has 0 aliphatic heterocycles. The number of carboxylic acid groups (broad SMARTS) is 1. The molecule has 2 aromatic rings. The highest BCUT2D eigenvalue weighted by Gasteiger charge is 2.30. The normalized spacial score (nSPS) is 13.9. The van der Waals surface area contributed by atoms with Crippen molar-refractivity contribution in [2.45, 2.75) is 62.7 Å². The maximum atomic E-state index is 13.6. The smallest absolute Gasteiger partial charge is 0.327 e. The van der Waals surface area contributed by atoms with Gasteiger partial charge in [0, 0.05) is 35.8 Å². The molecule has 1 heterocycles. The number of H-pyrrole nitrogens is 1. The molecule has 0 aliphatic rings. The zero-order valence-electron chi connectivity index (χ0n) is 22.8. The average molecular weight is 592 g/mol. The Kier molecular flexibility index (Phi) is 13.9. The number of guanidine groups is 1. The molecule has 0 saturated heterocycles. The molecule has 4 unspecified atom stereocenters. The summed E-state index contributed by atoms with van der Waals surface area (Å²) in [5.41, 5.74) is 23.9. The molecular formula is C26H41N9O5S. The van der Waals surface area contributed by atoms with E-state index in [-0.39, 0.29) is 31.0 Å². The van der Waals surface area contributed by atoms with Crippen LogP contribution in [0.15, 0.2) is 35.5 Å². The number of carbonyl (C=O) groups excluding carboxylic acids is 3. The van der Waals surface area contributed by atoms with E-state index in [4.69, 9.17) is 22.9 Å². The summed E-state index contributed by atoms with van der Waals surface area (Å²) in [5.74, 6) is -3.30. The van der Waals surface area contributed by atoms with Gasteiger partial charge in [0.05, 0.1) is 6.04 Å². The first-order valence-corrected chi connectivity index (χ1v) is 14.0. The van der Waals surface area contributed by atoms with Crippen LogP contribution in [0.2, 0.25) is 0 Å². The number of nitrogens with zero attached hydrogens (tertiary/aromatic N) is 1. The van der Waals surface area contributed by atoms with Crippen LogP contribution in [0.5, 0.6) is 0 Å². The van der Waals surface area contributed by atoms with Gasteiger partial charge in [-0.1, -0.05) is 18.2 Å². The zero-order chi connectivity index (χ0) is 30.4. The van der Waals surface area contributed by atoms with Crippen molar-refractivity contribution < 1.29 is 24.3 Å². The minimum atomic E-state index is -1.25. The van der Waals surface area contributed by atoms with Gasteiger partial charge in [-0.05, 0) is 50.3 Å². The van der Waals surface area contributed by atoms with Crippen LogP contribution in [0.25, 0.3) is 10.9 Å². The number of aliphatic carboxylic acids is 1. The summed E-state index contributed by atoms with van der Waals surface area (Å²) in [6.45, 7) is 0.683. The molecule has 41 heavy (non-hydrogen) atoms. The third-order valence-corrected chi connectivity index (χ3v) is 6.78. The number of amides is 3. The van der Waals surface area contributed by atoms with E-state index in [1.807, 2.05) is 24.3 Å². The number of hydrogen-bond acceptors (Lipinski definition) is 8. The predicted molar refractivity (Wildman–Crippen MR) is 160 cm³/mol. The number of thiol groups is 1. The highest BCUT2D eigenvalue weighted by atomic mass is 32.1. The summed E-state index contributed by atoms with van der Waals surface area (Å²) >= 11 is 3.98. The van der Waals surface area contributed by atoms with E-state index in [0.717, 1.165) is 16.5 Å². The zero-order valence-corrected chi connectivity index (χ0v) is 23.7. The van der Waals surface area contributed by atoms with Crippen molar-refractivity contribution in [1.29, 1.82) is 0 Å². The Morgan fingerprint density at radius 2 is 1.59 bits per heavy atom. The Morgan fingerprint density at radius 3 is 2.24 bits per heavy atom. The van der Waals surface area contributed by atoms with Gasteiger partial charge in [-0.2, -0.15) is 12.6 Å². The van der Waals surface area contributed by atoms with E-state index in [1.54, 1.807) is 6.20 Å². The first-order chi connectivity index (χ1) is 19.6. The Bertz CT molecular complexity index is 1200.